The van der Waals surface area contributed by atoms with E-state index < -0.39 is 18.3 Å². The van der Waals surface area contributed by atoms with Crippen molar-refractivity contribution in [2.24, 2.45) is 4.99 Å². The van der Waals surface area contributed by atoms with Crippen molar-refractivity contribution in [1.82, 2.24) is 4.90 Å². The van der Waals surface area contributed by atoms with Crippen molar-refractivity contribution < 1.29 is 28.6 Å². The first-order chi connectivity index (χ1) is 10.0. The fourth-order valence-electron chi connectivity index (χ4n) is 1.34. The van der Waals surface area contributed by atoms with E-state index in [2.05, 4.69) is 25.3 Å². The number of methoxy groups -OCH3 is 3. The maximum absolute atomic E-state index is 11.8. The second-order valence-corrected chi connectivity index (χ2v) is 3.47. The van der Waals surface area contributed by atoms with Crippen LogP contribution in [-0.4, -0.2) is 50.3 Å². The zero-order valence-electron chi connectivity index (χ0n) is 11.7. The monoisotopic (exact) mass is 293 g/mol. The molecule has 1 radical (unpaired) electrons. The lowest BCUT2D eigenvalue weighted by Crippen LogP contribution is -2.42. The van der Waals surface area contributed by atoms with Crippen LogP contribution in [0.2, 0.25) is 0 Å². The van der Waals surface area contributed by atoms with Gasteiger partial charge in [-0.1, -0.05) is 24.3 Å². The number of imide groups is 1. The standard InChI is InChI=1S/C13H13N2O6/c1-19-11(16)14-10(9-7-5-4-6-8-9)15(12(17)20-2)13(18)21-3/h5-8H,1-3H3/b14-10+. The van der Waals surface area contributed by atoms with Gasteiger partial charge in [-0.2, -0.15) is 9.89 Å². The average molecular weight is 293 g/mol. The van der Waals surface area contributed by atoms with Crippen LogP contribution in [0, 0.1) is 6.07 Å². The van der Waals surface area contributed by atoms with Crippen LogP contribution in [0.4, 0.5) is 14.4 Å². The molecule has 0 atom stereocenters. The van der Waals surface area contributed by atoms with Crippen LogP contribution in [0.15, 0.2) is 29.3 Å². The third kappa shape index (κ3) is 4.03. The molecule has 111 valence electrons. The Morgan fingerprint density at radius 3 is 1.95 bits per heavy atom. The Hall–Kier alpha value is -2.90. The quantitative estimate of drug-likeness (QED) is 0.445. The van der Waals surface area contributed by atoms with Gasteiger partial charge in [0.2, 0.25) is 0 Å². The van der Waals surface area contributed by atoms with Crippen molar-refractivity contribution in [3.8, 4) is 0 Å². The number of benzene rings is 1. The van der Waals surface area contributed by atoms with Gasteiger partial charge in [0.05, 0.1) is 21.3 Å². The van der Waals surface area contributed by atoms with Gasteiger partial charge >= 0.3 is 18.3 Å². The van der Waals surface area contributed by atoms with Crippen LogP contribution in [0.3, 0.4) is 0 Å². The Kier molecular flexibility index (Phi) is 5.87. The summed E-state index contributed by atoms with van der Waals surface area (Å²) in [6.45, 7) is 0. The Labute approximate surface area is 120 Å². The fraction of sp³-hybridized carbons (Fsp3) is 0.231. The second-order valence-electron chi connectivity index (χ2n) is 3.47. The molecule has 0 unspecified atom stereocenters. The summed E-state index contributed by atoms with van der Waals surface area (Å²) in [6.07, 6.45) is -3.11. The summed E-state index contributed by atoms with van der Waals surface area (Å²) in [4.78, 5) is 38.9. The lowest BCUT2D eigenvalue weighted by molar-refractivity contribution is 0.120. The number of ether oxygens (including phenoxy) is 3. The van der Waals surface area contributed by atoms with E-state index in [1.165, 1.54) is 24.3 Å². The first kappa shape index (κ1) is 16.2. The zero-order valence-corrected chi connectivity index (χ0v) is 11.7. The Morgan fingerprint density at radius 1 is 1.00 bits per heavy atom. The van der Waals surface area contributed by atoms with E-state index in [-0.39, 0.29) is 5.84 Å². The number of carbonyl (C=O) groups excluding carboxylic acids is 3. The Morgan fingerprint density at radius 2 is 1.52 bits per heavy atom. The highest BCUT2D eigenvalue weighted by Gasteiger charge is 2.30. The normalized spacial score (nSPS) is 10.5. The second kappa shape index (κ2) is 7.63. The van der Waals surface area contributed by atoms with Crippen LogP contribution in [0.5, 0.6) is 0 Å². The smallest absolute Gasteiger partial charge is 0.435 e. The van der Waals surface area contributed by atoms with Crippen LogP contribution >= 0.6 is 0 Å². The molecule has 0 aliphatic carbocycles. The van der Waals surface area contributed by atoms with E-state index in [1.54, 1.807) is 0 Å². The SMILES string of the molecule is COC(=O)/N=C(\c1cc[c]cc1)N(C(=O)OC)C(=O)OC. The summed E-state index contributed by atoms with van der Waals surface area (Å²) in [5, 5.41) is 0. The minimum atomic E-state index is -1.06. The molecule has 3 amide bonds. The summed E-state index contributed by atoms with van der Waals surface area (Å²) in [5.41, 5.74) is 0.301. The van der Waals surface area contributed by atoms with E-state index in [1.807, 2.05) is 0 Å². The van der Waals surface area contributed by atoms with Gasteiger partial charge in [0.1, 0.15) is 0 Å². The summed E-state index contributed by atoms with van der Waals surface area (Å²) in [7, 11) is 3.27. The predicted molar refractivity (Wildman–Crippen MR) is 70.9 cm³/mol. The molecule has 0 spiro atoms. The molecule has 1 aromatic rings. The van der Waals surface area contributed by atoms with Crippen LogP contribution < -0.4 is 0 Å². The third-order valence-electron chi connectivity index (χ3n) is 2.27. The molecule has 0 bridgehead atoms. The highest BCUT2D eigenvalue weighted by atomic mass is 16.6. The Balaban J connectivity index is 3.39. The molecule has 0 saturated heterocycles. The molecule has 0 aliphatic rings. The maximum Gasteiger partial charge on any atom is 0.435 e. The molecule has 8 nitrogen and oxygen atoms in total. The van der Waals surface area contributed by atoms with Crippen LogP contribution in [0.1, 0.15) is 5.56 Å². The van der Waals surface area contributed by atoms with Gasteiger partial charge < -0.3 is 14.2 Å². The number of amides is 3. The van der Waals surface area contributed by atoms with E-state index >= 15 is 0 Å². The summed E-state index contributed by atoms with van der Waals surface area (Å²) < 4.78 is 13.4. The van der Waals surface area contributed by atoms with Crippen molar-refractivity contribution in [2.45, 2.75) is 0 Å². The van der Waals surface area contributed by atoms with Gasteiger partial charge in [-0.3, -0.25) is 0 Å². The number of rotatable bonds is 1. The van der Waals surface area contributed by atoms with Crippen molar-refractivity contribution in [2.75, 3.05) is 21.3 Å². The molecule has 8 heteroatoms. The van der Waals surface area contributed by atoms with E-state index in [0.29, 0.717) is 10.5 Å². The highest BCUT2D eigenvalue weighted by Crippen LogP contribution is 2.10. The summed E-state index contributed by atoms with van der Waals surface area (Å²) >= 11 is 0. The number of amidine groups is 1. The lowest BCUT2D eigenvalue weighted by Gasteiger charge is -2.19. The molecular formula is C13H13N2O6. The molecule has 1 aromatic carbocycles. The predicted octanol–water partition coefficient (Wildman–Crippen LogP) is 1.83. The van der Waals surface area contributed by atoms with Crippen molar-refractivity contribution in [3.63, 3.8) is 0 Å². The number of hydrogen-bond donors (Lipinski definition) is 0. The van der Waals surface area contributed by atoms with Crippen molar-refractivity contribution >= 4 is 24.1 Å². The molecule has 0 fully saturated rings. The van der Waals surface area contributed by atoms with Gasteiger partial charge in [0, 0.05) is 5.56 Å². The molecule has 0 N–H and O–H groups in total. The minimum Gasteiger partial charge on any atom is -0.452 e. The molecule has 0 heterocycles. The molecule has 0 aliphatic heterocycles. The summed E-state index contributed by atoms with van der Waals surface area (Å²) in [5.74, 6) is -0.283. The van der Waals surface area contributed by atoms with Gasteiger partial charge in [-0.15, -0.1) is 0 Å². The molecule has 0 aromatic heterocycles. The van der Waals surface area contributed by atoms with E-state index in [4.69, 9.17) is 0 Å². The third-order valence-corrected chi connectivity index (χ3v) is 2.27. The van der Waals surface area contributed by atoms with Gasteiger partial charge in [-0.05, 0) is 6.07 Å². The zero-order chi connectivity index (χ0) is 15.8. The number of hydrogen-bond acceptors (Lipinski definition) is 6. The highest BCUT2D eigenvalue weighted by molar-refractivity contribution is 6.17. The first-order valence-corrected chi connectivity index (χ1v) is 5.64. The first-order valence-electron chi connectivity index (χ1n) is 5.64. The van der Waals surface area contributed by atoms with Gasteiger partial charge in [-0.25, -0.2) is 14.4 Å². The number of carbonyl (C=O) groups is 3. The topological polar surface area (TPSA) is 94.5 Å². The van der Waals surface area contributed by atoms with Gasteiger partial charge in [0.15, 0.2) is 5.84 Å². The van der Waals surface area contributed by atoms with Crippen LogP contribution in [-0.2, 0) is 14.2 Å². The molecular weight excluding hydrogens is 280 g/mol. The van der Waals surface area contributed by atoms with Crippen LogP contribution in [0.25, 0.3) is 0 Å². The number of nitrogens with zero attached hydrogens (tertiary/aromatic N) is 2. The lowest BCUT2D eigenvalue weighted by atomic mass is 10.2. The molecule has 21 heavy (non-hydrogen) atoms. The number of aliphatic imine (C=N–C) groups is 1. The summed E-state index contributed by atoms with van der Waals surface area (Å²) in [6, 6.07) is 8.80. The molecule has 1 rings (SSSR count). The average Bonchev–Trinajstić information content (AvgIpc) is 2.54. The maximum atomic E-state index is 11.8. The minimum absolute atomic E-state index is 0.283. The largest absolute Gasteiger partial charge is 0.452 e. The van der Waals surface area contributed by atoms with E-state index in [9.17, 15) is 14.4 Å². The fourth-order valence-corrected chi connectivity index (χ4v) is 1.34. The Bertz CT molecular complexity index is 539. The van der Waals surface area contributed by atoms with E-state index in [0.717, 1.165) is 21.3 Å². The van der Waals surface area contributed by atoms with Gasteiger partial charge in [0.25, 0.3) is 0 Å². The van der Waals surface area contributed by atoms with Crippen molar-refractivity contribution in [3.05, 3.63) is 35.9 Å². The van der Waals surface area contributed by atoms with Crippen molar-refractivity contribution in [1.29, 1.82) is 0 Å². The molecule has 0 saturated carbocycles.